The van der Waals surface area contributed by atoms with Crippen molar-refractivity contribution in [2.45, 2.75) is 59.9 Å². The fourth-order valence-corrected chi connectivity index (χ4v) is 3.25. The Bertz CT molecular complexity index is 777. The quantitative estimate of drug-likeness (QED) is 0.426. The Labute approximate surface area is 207 Å². The van der Waals surface area contributed by atoms with Crippen LogP contribution in [0.2, 0.25) is 0 Å². The molecule has 0 bridgehead atoms. The van der Waals surface area contributed by atoms with Crippen LogP contribution in [0.15, 0.2) is 54.6 Å². The summed E-state index contributed by atoms with van der Waals surface area (Å²) < 4.78 is 0. The lowest BCUT2D eigenvalue weighted by atomic mass is 10.0. The first-order valence-corrected chi connectivity index (χ1v) is 12.3. The van der Waals surface area contributed by atoms with E-state index in [1.54, 1.807) is 0 Å². The maximum Gasteiger partial charge on any atom is 0.253 e. The molecular weight excluding hydrogens is 424 g/mol. The van der Waals surface area contributed by atoms with E-state index < -0.39 is 0 Å². The van der Waals surface area contributed by atoms with E-state index >= 15 is 0 Å². The lowest BCUT2D eigenvalue weighted by Crippen LogP contribution is -2.35. The maximum absolute atomic E-state index is 12.2. The number of hydrogen-bond donors (Lipinski definition) is 3. The second kappa shape index (κ2) is 19.7. The lowest BCUT2D eigenvalue weighted by molar-refractivity contribution is -0.109. The number of nitrogens with two attached hydrogens (primary N) is 2. The van der Waals surface area contributed by atoms with Crippen molar-refractivity contribution in [1.29, 1.82) is 0 Å². The SMILES string of the molecule is CC(CN)CC(N)CNC=O.CCCN(CCC)C(=O)c1cccc(C)c1.Cc1ccccc1. The molecule has 0 heterocycles. The number of benzene rings is 2. The highest BCUT2D eigenvalue weighted by atomic mass is 16.2. The Balaban J connectivity index is 0.000000522. The molecule has 5 N–H and O–H groups in total. The third-order valence-corrected chi connectivity index (χ3v) is 5.05. The molecule has 2 unspecified atom stereocenters. The molecule has 0 aliphatic heterocycles. The molecule has 190 valence electrons. The Morgan fingerprint density at radius 1 is 1.00 bits per heavy atom. The van der Waals surface area contributed by atoms with Gasteiger partial charge in [0.05, 0.1) is 0 Å². The van der Waals surface area contributed by atoms with Crippen LogP contribution < -0.4 is 16.8 Å². The summed E-state index contributed by atoms with van der Waals surface area (Å²) >= 11 is 0. The predicted octanol–water partition coefficient (Wildman–Crippen LogP) is 4.30. The van der Waals surface area contributed by atoms with E-state index in [1.165, 1.54) is 5.56 Å². The molecule has 2 atom stereocenters. The second-order valence-corrected chi connectivity index (χ2v) is 8.68. The van der Waals surface area contributed by atoms with Crippen LogP contribution in [-0.2, 0) is 4.79 Å². The number of carbonyl (C=O) groups excluding carboxylic acids is 2. The highest BCUT2D eigenvalue weighted by Gasteiger charge is 2.13. The van der Waals surface area contributed by atoms with E-state index in [9.17, 15) is 9.59 Å². The van der Waals surface area contributed by atoms with Crippen LogP contribution in [0.4, 0.5) is 0 Å². The summed E-state index contributed by atoms with van der Waals surface area (Å²) in [6.07, 6.45) is 3.54. The zero-order valence-corrected chi connectivity index (χ0v) is 21.8. The van der Waals surface area contributed by atoms with Gasteiger partial charge in [-0.05, 0) is 57.7 Å². The zero-order valence-electron chi connectivity index (χ0n) is 21.8. The van der Waals surface area contributed by atoms with Gasteiger partial charge in [-0.1, -0.05) is 74.4 Å². The molecule has 0 aliphatic rings. The monoisotopic (exact) mass is 470 g/mol. The van der Waals surface area contributed by atoms with Crippen molar-refractivity contribution in [3.8, 4) is 0 Å². The summed E-state index contributed by atoms with van der Waals surface area (Å²) in [5.41, 5.74) is 14.3. The van der Waals surface area contributed by atoms with Gasteiger partial charge in [-0.3, -0.25) is 9.59 Å². The Morgan fingerprint density at radius 3 is 2.03 bits per heavy atom. The van der Waals surface area contributed by atoms with Crippen molar-refractivity contribution < 1.29 is 9.59 Å². The van der Waals surface area contributed by atoms with Crippen LogP contribution in [0.5, 0.6) is 0 Å². The summed E-state index contributed by atoms with van der Waals surface area (Å²) in [5.74, 6) is 0.589. The molecule has 0 radical (unpaired) electrons. The minimum atomic E-state index is 0.0266. The first-order valence-electron chi connectivity index (χ1n) is 12.3. The van der Waals surface area contributed by atoms with E-state index in [-0.39, 0.29) is 11.9 Å². The lowest BCUT2D eigenvalue weighted by Gasteiger charge is -2.21. The number of amides is 2. The van der Waals surface area contributed by atoms with Gasteiger partial charge < -0.3 is 21.7 Å². The van der Waals surface area contributed by atoms with Crippen molar-refractivity contribution in [3.05, 3.63) is 71.3 Å². The summed E-state index contributed by atoms with van der Waals surface area (Å²) in [6.45, 7) is 13.2. The molecule has 2 rings (SSSR count). The average Bonchev–Trinajstić information content (AvgIpc) is 2.83. The predicted molar refractivity (Wildman–Crippen MR) is 144 cm³/mol. The van der Waals surface area contributed by atoms with Gasteiger partial charge in [-0.25, -0.2) is 0 Å². The molecule has 0 fully saturated rings. The van der Waals surface area contributed by atoms with Gasteiger partial charge in [0.2, 0.25) is 6.41 Å². The number of hydrogen-bond acceptors (Lipinski definition) is 4. The highest BCUT2D eigenvalue weighted by Crippen LogP contribution is 2.09. The van der Waals surface area contributed by atoms with Crippen molar-refractivity contribution in [1.82, 2.24) is 10.2 Å². The van der Waals surface area contributed by atoms with E-state index in [1.807, 2.05) is 61.2 Å². The maximum atomic E-state index is 12.2. The van der Waals surface area contributed by atoms with Crippen LogP contribution in [0.3, 0.4) is 0 Å². The molecule has 2 aromatic carbocycles. The molecule has 0 saturated heterocycles. The highest BCUT2D eigenvalue weighted by molar-refractivity contribution is 5.94. The van der Waals surface area contributed by atoms with Crippen molar-refractivity contribution in [3.63, 3.8) is 0 Å². The van der Waals surface area contributed by atoms with Gasteiger partial charge in [0.15, 0.2) is 0 Å². The molecule has 0 saturated carbocycles. The molecular formula is C28H46N4O2. The minimum absolute atomic E-state index is 0.0266. The van der Waals surface area contributed by atoms with E-state index in [4.69, 9.17) is 11.5 Å². The number of carbonyl (C=O) groups is 2. The number of nitrogens with zero attached hydrogens (tertiary/aromatic N) is 1. The molecule has 2 amide bonds. The van der Waals surface area contributed by atoms with Crippen molar-refractivity contribution >= 4 is 12.3 Å². The third kappa shape index (κ3) is 15.2. The standard InChI is InChI=1S/C14H21NO.C7H17N3O.C7H8/c1-4-9-15(10-5-2)14(16)13-8-6-7-12(3)11-13;1-6(3-8)2-7(9)4-10-5-11;1-7-5-3-2-4-6-7/h6-8,11H,4-5,9-10H2,1-3H3;5-7H,2-4,8-9H2,1H3,(H,10,11);2-6H,1H3. The molecule has 0 aliphatic carbocycles. The van der Waals surface area contributed by atoms with Gasteiger partial charge in [-0.2, -0.15) is 0 Å². The summed E-state index contributed by atoms with van der Waals surface area (Å²) in [5, 5.41) is 2.53. The first-order chi connectivity index (χ1) is 16.3. The largest absolute Gasteiger partial charge is 0.357 e. The topological polar surface area (TPSA) is 101 Å². The molecule has 2 aromatic rings. The van der Waals surface area contributed by atoms with Crippen molar-refractivity contribution in [2.75, 3.05) is 26.2 Å². The first kappa shape index (κ1) is 31.3. The minimum Gasteiger partial charge on any atom is -0.357 e. The molecule has 34 heavy (non-hydrogen) atoms. The van der Waals surface area contributed by atoms with Gasteiger partial charge in [0.25, 0.3) is 5.91 Å². The van der Waals surface area contributed by atoms with Crippen LogP contribution >= 0.6 is 0 Å². The van der Waals surface area contributed by atoms with E-state index in [0.717, 1.165) is 43.5 Å². The fourth-order valence-electron chi connectivity index (χ4n) is 3.25. The average molecular weight is 471 g/mol. The van der Waals surface area contributed by atoms with Crippen molar-refractivity contribution in [2.24, 2.45) is 17.4 Å². The Morgan fingerprint density at radius 2 is 1.59 bits per heavy atom. The van der Waals surface area contributed by atoms with E-state index in [2.05, 4.69) is 38.2 Å². The van der Waals surface area contributed by atoms with Gasteiger partial charge in [-0.15, -0.1) is 0 Å². The van der Waals surface area contributed by atoms with Crippen LogP contribution in [0, 0.1) is 19.8 Å². The normalized spacial score (nSPS) is 11.6. The smallest absolute Gasteiger partial charge is 0.253 e. The number of nitrogens with one attached hydrogen (secondary N) is 1. The third-order valence-electron chi connectivity index (χ3n) is 5.05. The van der Waals surface area contributed by atoms with Crippen LogP contribution in [-0.4, -0.2) is 49.4 Å². The van der Waals surface area contributed by atoms with Gasteiger partial charge in [0.1, 0.15) is 0 Å². The van der Waals surface area contributed by atoms with Crippen LogP contribution in [0.1, 0.15) is 61.5 Å². The summed E-state index contributed by atoms with van der Waals surface area (Å²) in [7, 11) is 0. The van der Waals surface area contributed by atoms with E-state index in [0.29, 0.717) is 25.4 Å². The number of aryl methyl sites for hydroxylation is 2. The zero-order chi connectivity index (χ0) is 25.8. The molecule has 0 spiro atoms. The summed E-state index contributed by atoms with van der Waals surface area (Å²) in [6, 6.07) is 18.1. The second-order valence-electron chi connectivity index (χ2n) is 8.68. The van der Waals surface area contributed by atoms with Crippen LogP contribution in [0.25, 0.3) is 0 Å². The molecule has 0 aromatic heterocycles. The Kier molecular flexibility index (Phi) is 18.2. The Hall–Kier alpha value is -2.70. The fraction of sp³-hybridized carbons (Fsp3) is 0.500. The summed E-state index contributed by atoms with van der Waals surface area (Å²) in [4.78, 5) is 24.0. The van der Waals surface area contributed by atoms with Gasteiger partial charge in [0, 0.05) is 31.2 Å². The molecule has 6 nitrogen and oxygen atoms in total. The number of rotatable bonds is 11. The van der Waals surface area contributed by atoms with Gasteiger partial charge >= 0.3 is 0 Å². The molecule has 6 heteroatoms.